The molecule has 6 rings (SSSR count). The maximum atomic E-state index is 13.8. The van der Waals surface area contributed by atoms with E-state index in [1.807, 2.05) is 36.4 Å². The highest BCUT2D eigenvalue weighted by Gasteiger charge is 2.35. The van der Waals surface area contributed by atoms with Crippen LogP contribution in [0.2, 0.25) is 0 Å². The number of piperidine rings is 1. The number of nitrogens with one attached hydrogen (secondary N) is 3. The van der Waals surface area contributed by atoms with E-state index in [-0.39, 0.29) is 29.2 Å². The van der Waals surface area contributed by atoms with Crippen molar-refractivity contribution in [3.63, 3.8) is 0 Å². The third-order valence-electron chi connectivity index (χ3n) is 8.59. The molecule has 2 fully saturated rings. The van der Waals surface area contributed by atoms with Crippen LogP contribution < -0.4 is 20.9 Å². The number of halogens is 3. The summed E-state index contributed by atoms with van der Waals surface area (Å²) < 4.78 is 65.1. The van der Waals surface area contributed by atoms with Crippen molar-refractivity contribution in [1.82, 2.24) is 25.2 Å². The summed E-state index contributed by atoms with van der Waals surface area (Å²) in [5, 5.41) is 8.02. The van der Waals surface area contributed by atoms with E-state index in [9.17, 15) is 31.2 Å². The summed E-state index contributed by atoms with van der Waals surface area (Å²) in [7, 11) is -3.48. The Hall–Kier alpha value is -5.09. The number of carbonyl (C=O) groups is 2. The first-order valence-electron chi connectivity index (χ1n) is 15.9. The Morgan fingerprint density at radius 2 is 1.70 bits per heavy atom. The molecule has 0 bridgehead atoms. The number of alkyl halides is 3. The van der Waals surface area contributed by atoms with Crippen molar-refractivity contribution >= 4 is 44.8 Å². The number of imide groups is 1. The Balaban J connectivity index is 1.03. The van der Waals surface area contributed by atoms with Crippen molar-refractivity contribution < 1.29 is 31.2 Å². The molecule has 3 N–H and O–H groups in total. The fraction of sp³-hybridized carbons (Fsp3) is 0.324. The molecule has 0 saturated carbocycles. The Labute approximate surface area is 287 Å². The van der Waals surface area contributed by atoms with Crippen molar-refractivity contribution in [1.29, 1.82) is 0 Å². The standard InChI is InChI=1S/C34H35F3N8O4S/c1-50(48,49)26-4-2-3-22(17-26)18-39-31-28(34(35,36)37)20-40-33(43-31)41-24-6-8-25(9-7-24)45-15-13-44(14-16-45)21-23-5-11-29(38-19-23)27-10-12-30(46)42-32(27)47/h2-9,11,17,19-20,27H,10,12-16,18,21H2,1H3,(H,42,46,47)(H2,39,40,41,43). The lowest BCUT2D eigenvalue weighted by atomic mass is 9.94. The Bertz CT molecular complexity index is 1970. The number of hydrogen-bond acceptors (Lipinski definition) is 11. The van der Waals surface area contributed by atoms with E-state index in [0.717, 1.165) is 50.2 Å². The largest absolute Gasteiger partial charge is 0.421 e. The number of piperazine rings is 1. The van der Waals surface area contributed by atoms with Gasteiger partial charge >= 0.3 is 6.18 Å². The number of hydrogen-bond donors (Lipinski definition) is 3. The lowest BCUT2D eigenvalue weighted by Crippen LogP contribution is -2.46. The number of sulfone groups is 1. The van der Waals surface area contributed by atoms with E-state index in [0.29, 0.717) is 36.0 Å². The molecule has 2 aliphatic rings. The zero-order valence-corrected chi connectivity index (χ0v) is 27.9. The van der Waals surface area contributed by atoms with E-state index < -0.39 is 33.3 Å². The zero-order valence-electron chi connectivity index (χ0n) is 27.1. The Kier molecular flexibility index (Phi) is 10.0. The van der Waals surface area contributed by atoms with E-state index in [1.165, 1.54) is 18.2 Å². The van der Waals surface area contributed by atoms with E-state index >= 15 is 0 Å². The van der Waals surface area contributed by atoms with Gasteiger partial charge in [-0.15, -0.1) is 0 Å². The second-order valence-corrected chi connectivity index (χ2v) is 14.3. The van der Waals surface area contributed by atoms with Crippen LogP contribution >= 0.6 is 0 Å². The first-order valence-corrected chi connectivity index (χ1v) is 17.8. The molecule has 262 valence electrons. The maximum absolute atomic E-state index is 13.8. The average molecular weight is 709 g/mol. The molecule has 4 aromatic rings. The van der Waals surface area contributed by atoms with Gasteiger partial charge in [-0.2, -0.15) is 18.2 Å². The molecule has 2 aromatic carbocycles. The van der Waals surface area contributed by atoms with Crippen molar-refractivity contribution in [3.8, 4) is 0 Å². The van der Waals surface area contributed by atoms with E-state index in [4.69, 9.17) is 0 Å². The van der Waals surface area contributed by atoms with Crippen LogP contribution in [0.4, 0.5) is 36.3 Å². The second-order valence-electron chi connectivity index (χ2n) is 12.3. The third kappa shape index (κ3) is 8.55. The minimum Gasteiger partial charge on any atom is -0.369 e. The molecule has 0 aliphatic carbocycles. The third-order valence-corrected chi connectivity index (χ3v) is 9.70. The van der Waals surface area contributed by atoms with Crippen LogP contribution in [0.25, 0.3) is 0 Å². The molecule has 2 saturated heterocycles. The fourth-order valence-electron chi connectivity index (χ4n) is 5.87. The van der Waals surface area contributed by atoms with Crippen LogP contribution in [0, 0.1) is 0 Å². The SMILES string of the molecule is CS(=O)(=O)c1cccc(CNc2nc(Nc3ccc(N4CCN(Cc5ccc(C6CCC(=O)NC6=O)nc5)CC4)cc3)ncc2C(F)(F)F)c1. The summed E-state index contributed by atoms with van der Waals surface area (Å²) in [6.45, 7) is 3.86. The molecule has 0 radical (unpaired) electrons. The number of benzene rings is 2. The molecule has 16 heteroatoms. The van der Waals surface area contributed by atoms with Gasteiger partial charge in [0, 0.05) is 75.7 Å². The van der Waals surface area contributed by atoms with Gasteiger partial charge in [-0.1, -0.05) is 18.2 Å². The lowest BCUT2D eigenvalue weighted by Gasteiger charge is -2.36. The van der Waals surface area contributed by atoms with Gasteiger partial charge in [0.05, 0.1) is 16.5 Å². The number of rotatable bonds is 10. The number of carbonyl (C=O) groups excluding carboxylic acids is 2. The topological polar surface area (TPSA) is 150 Å². The zero-order chi connectivity index (χ0) is 35.5. The molecule has 2 aromatic heterocycles. The highest BCUT2D eigenvalue weighted by Crippen LogP contribution is 2.34. The smallest absolute Gasteiger partial charge is 0.369 e. The van der Waals surface area contributed by atoms with Crippen molar-refractivity contribution in [2.24, 2.45) is 0 Å². The van der Waals surface area contributed by atoms with Gasteiger partial charge < -0.3 is 15.5 Å². The van der Waals surface area contributed by atoms with E-state index in [1.54, 1.807) is 12.3 Å². The molecule has 0 spiro atoms. The lowest BCUT2D eigenvalue weighted by molar-refractivity contribution is -0.137. The number of anilines is 4. The first-order chi connectivity index (χ1) is 23.8. The van der Waals surface area contributed by atoms with Crippen molar-refractivity contribution in [3.05, 3.63) is 95.4 Å². The van der Waals surface area contributed by atoms with Crippen LogP contribution in [0.5, 0.6) is 0 Å². The maximum Gasteiger partial charge on any atom is 0.421 e. The molecule has 1 atom stereocenters. The van der Waals surface area contributed by atoms with Gasteiger partial charge in [0.2, 0.25) is 17.8 Å². The minimum absolute atomic E-state index is 0.0358. The number of amides is 2. The van der Waals surface area contributed by atoms with Gasteiger partial charge in [0.15, 0.2) is 9.84 Å². The van der Waals surface area contributed by atoms with Crippen LogP contribution in [0.3, 0.4) is 0 Å². The Morgan fingerprint density at radius 1 is 0.940 bits per heavy atom. The molecular formula is C34H35F3N8O4S. The molecule has 2 amide bonds. The van der Waals surface area contributed by atoms with Crippen LogP contribution in [-0.4, -0.2) is 72.5 Å². The van der Waals surface area contributed by atoms with Crippen LogP contribution in [-0.2, 0) is 38.7 Å². The predicted molar refractivity (Wildman–Crippen MR) is 180 cm³/mol. The van der Waals surface area contributed by atoms with Gasteiger partial charge in [-0.3, -0.25) is 24.8 Å². The highest BCUT2D eigenvalue weighted by molar-refractivity contribution is 7.90. The number of pyridine rings is 1. The van der Waals surface area contributed by atoms with Crippen LogP contribution in [0.15, 0.2) is 78.0 Å². The molecular weight excluding hydrogens is 673 g/mol. The van der Waals surface area contributed by atoms with Gasteiger partial charge in [-0.25, -0.2) is 13.4 Å². The highest BCUT2D eigenvalue weighted by atomic mass is 32.2. The van der Waals surface area contributed by atoms with Crippen LogP contribution in [0.1, 0.15) is 41.1 Å². The first kappa shape index (κ1) is 34.8. The van der Waals surface area contributed by atoms with Gasteiger partial charge in [0.25, 0.3) is 0 Å². The van der Waals surface area contributed by atoms with Crippen molar-refractivity contribution in [2.75, 3.05) is 48.0 Å². The minimum atomic E-state index is -4.71. The average Bonchev–Trinajstić information content (AvgIpc) is 3.08. The predicted octanol–water partition coefficient (Wildman–Crippen LogP) is 4.49. The summed E-state index contributed by atoms with van der Waals surface area (Å²) in [6.07, 6.45) is -0.376. The van der Waals surface area contributed by atoms with E-state index in [2.05, 4.69) is 40.7 Å². The molecule has 4 heterocycles. The second kappa shape index (κ2) is 14.4. The summed E-state index contributed by atoms with van der Waals surface area (Å²) in [5.41, 5.74) is 2.72. The normalized spacial score (nSPS) is 17.4. The number of aromatic nitrogens is 3. The summed E-state index contributed by atoms with van der Waals surface area (Å²) >= 11 is 0. The van der Waals surface area contributed by atoms with Gasteiger partial charge in [0.1, 0.15) is 11.4 Å². The fourth-order valence-corrected chi connectivity index (χ4v) is 6.57. The molecule has 12 nitrogen and oxygen atoms in total. The van der Waals surface area contributed by atoms with Gasteiger partial charge in [-0.05, 0) is 60.0 Å². The number of nitrogens with zero attached hydrogens (tertiary/aromatic N) is 5. The molecule has 2 aliphatic heterocycles. The van der Waals surface area contributed by atoms with Crippen molar-refractivity contribution in [2.45, 2.75) is 42.9 Å². The summed E-state index contributed by atoms with van der Waals surface area (Å²) in [5.74, 6) is -1.43. The molecule has 1 unspecified atom stereocenters. The quantitative estimate of drug-likeness (QED) is 0.200. The summed E-state index contributed by atoms with van der Waals surface area (Å²) in [4.78, 5) is 40.7. The Morgan fingerprint density at radius 3 is 2.36 bits per heavy atom. The summed E-state index contributed by atoms with van der Waals surface area (Å²) in [6, 6.07) is 17.3. The monoisotopic (exact) mass is 708 g/mol. The molecule has 50 heavy (non-hydrogen) atoms.